The molecule has 2 heteroatoms. The summed E-state index contributed by atoms with van der Waals surface area (Å²) in [6.07, 6.45) is 5.68. The number of thioether (sulfide) groups is 1. The smallest absolute Gasteiger partial charge is 0.0481 e. The number of rotatable bonds is 3. The summed E-state index contributed by atoms with van der Waals surface area (Å²) in [7, 11) is 0. The summed E-state index contributed by atoms with van der Waals surface area (Å²) in [5.41, 5.74) is 8.22. The molecule has 0 spiro atoms. The highest BCUT2D eigenvalue weighted by molar-refractivity contribution is 7.99. The fraction of sp³-hybridized carbons (Fsp3) is 0.538. The Bertz CT molecular complexity index is 329. The summed E-state index contributed by atoms with van der Waals surface area (Å²) < 4.78 is 0. The van der Waals surface area contributed by atoms with Crippen molar-refractivity contribution in [2.75, 3.05) is 11.5 Å². The van der Waals surface area contributed by atoms with Crippen molar-refractivity contribution in [1.82, 2.24) is 0 Å². The first-order valence-corrected chi connectivity index (χ1v) is 6.74. The summed E-state index contributed by atoms with van der Waals surface area (Å²) in [6.45, 7) is 2.08. The molecule has 0 saturated heterocycles. The van der Waals surface area contributed by atoms with Crippen LogP contribution in [0.25, 0.3) is 0 Å². The third-order valence-electron chi connectivity index (χ3n) is 3.23. The van der Waals surface area contributed by atoms with Crippen molar-refractivity contribution in [2.24, 2.45) is 5.92 Å². The number of aryl methyl sites for hydroxylation is 1. The molecule has 0 bridgehead atoms. The van der Waals surface area contributed by atoms with Gasteiger partial charge in [-0.15, -0.1) is 11.8 Å². The highest BCUT2D eigenvalue weighted by Gasteiger charge is 2.15. The molecule has 0 atom stereocenters. The molecule has 0 unspecified atom stereocenters. The first-order valence-electron chi connectivity index (χ1n) is 5.75. The van der Waals surface area contributed by atoms with Crippen molar-refractivity contribution in [2.45, 2.75) is 37.5 Å². The molecule has 1 aliphatic carbocycles. The lowest BCUT2D eigenvalue weighted by Gasteiger charge is -2.11. The molecule has 1 fully saturated rings. The van der Waals surface area contributed by atoms with E-state index in [1.54, 1.807) is 0 Å². The van der Waals surface area contributed by atoms with Crippen molar-refractivity contribution in [3.8, 4) is 0 Å². The minimum Gasteiger partial charge on any atom is -0.398 e. The number of anilines is 1. The molecule has 1 aliphatic rings. The first kappa shape index (κ1) is 10.9. The predicted octanol–water partition coefficient (Wildman–Crippen LogP) is 3.86. The molecule has 2 rings (SSSR count). The Morgan fingerprint density at radius 3 is 2.80 bits per heavy atom. The van der Waals surface area contributed by atoms with E-state index >= 15 is 0 Å². The average molecular weight is 221 g/mol. The molecule has 1 aromatic carbocycles. The molecule has 1 aromatic rings. The van der Waals surface area contributed by atoms with Crippen molar-refractivity contribution in [3.63, 3.8) is 0 Å². The zero-order valence-electron chi connectivity index (χ0n) is 9.33. The Morgan fingerprint density at radius 1 is 1.33 bits per heavy atom. The zero-order valence-corrected chi connectivity index (χ0v) is 10.1. The van der Waals surface area contributed by atoms with Gasteiger partial charge in [-0.25, -0.2) is 0 Å². The Hall–Kier alpha value is -0.630. The van der Waals surface area contributed by atoms with Crippen molar-refractivity contribution in [3.05, 3.63) is 23.8 Å². The summed E-state index contributed by atoms with van der Waals surface area (Å²) >= 11 is 1.93. The average Bonchev–Trinajstić information content (AvgIpc) is 2.73. The number of nitrogen functional groups attached to an aromatic ring is 1. The van der Waals surface area contributed by atoms with E-state index in [1.165, 1.54) is 41.9 Å². The van der Waals surface area contributed by atoms with Gasteiger partial charge in [0.1, 0.15) is 0 Å². The van der Waals surface area contributed by atoms with Crippen LogP contribution in [0.3, 0.4) is 0 Å². The lowest BCUT2D eigenvalue weighted by atomic mass is 10.1. The third kappa shape index (κ3) is 2.69. The molecule has 0 aromatic heterocycles. The van der Waals surface area contributed by atoms with Crippen LogP contribution >= 0.6 is 11.8 Å². The second-order valence-electron chi connectivity index (χ2n) is 4.45. The molecule has 0 heterocycles. The van der Waals surface area contributed by atoms with Crippen LogP contribution in [0.2, 0.25) is 0 Å². The zero-order chi connectivity index (χ0) is 10.7. The van der Waals surface area contributed by atoms with Gasteiger partial charge in [-0.2, -0.15) is 0 Å². The second kappa shape index (κ2) is 4.93. The van der Waals surface area contributed by atoms with E-state index in [-0.39, 0.29) is 0 Å². The fourth-order valence-corrected chi connectivity index (χ4v) is 3.40. The molecule has 1 saturated carbocycles. The van der Waals surface area contributed by atoms with Crippen LogP contribution in [-0.2, 0) is 0 Å². The maximum atomic E-state index is 6.05. The van der Waals surface area contributed by atoms with E-state index in [4.69, 9.17) is 5.73 Å². The fourth-order valence-electron chi connectivity index (χ4n) is 2.16. The van der Waals surface area contributed by atoms with Crippen LogP contribution in [0.1, 0.15) is 31.2 Å². The van der Waals surface area contributed by atoms with E-state index in [2.05, 4.69) is 25.1 Å². The van der Waals surface area contributed by atoms with E-state index in [9.17, 15) is 0 Å². The maximum Gasteiger partial charge on any atom is 0.0481 e. The standard InChI is InChI=1S/C13H19NS/c1-10-5-4-8-12(13(10)14)15-9-11-6-2-3-7-11/h4-5,8,11H,2-3,6-7,9,14H2,1H3. The molecule has 1 nitrogen and oxygen atoms in total. The van der Waals surface area contributed by atoms with Gasteiger partial charge in [0.25, 0.3) is 0 Å². The first-order chi connectivity index (χ1) is 7.27. The van der Waals surface area contributed by atoms with Gasteiger partial charge < -0.3 is 5.73 Å². The molecule has 82 valence electrons. The van der Waals surface area contributed by atoms with Crippen LogP contribution in [-0.4, -0.2) is 5.75 Å². The molecular weight excluding hydrogens is 202 g/mol. The normalized spacial score (nSPS) is 17.1. The number of benzene rings is 1. The van der Waals surface area contributed by atoms with E-state index in [0.717, 1.165) is 11.6 Å². The summed E-state index contributed by atoms with van der Waals surface area (Å²) in [4.78, 5) is 1.27. The number of nitrogens with two attached hydrogens (primary N) is 1. The van der Waals surface area contributed by atoms with Gasteiger partial charge in [0.05, 0.1) is 0 Å². The van der Waals surface area contributed by atoms with Gasteiger partial charge in [0, 0.05) is 16.3 Å². The Labute approximate surface area is 96.4 Å². The molecular formula is C13H19NS. The second-order valence-corrected chi connectivity index (χ2v) is 5.51. The van der Waals surface area contributed by atoms with Gasteiger partial charge in [-0.05, 0) is 37.3 Å². The van der Waals surface area contributed by atoms with Crippen LogP contribution in [0, 0.1) is 12.8 Å². The van der Waals surface area contributed by atoms with Crippen LogP contribution < -0.4 is 5.73 Å². The van der Waals surface area contributed by atoms with Crippen LogP contribution in [0.15, 0.2) is 23.1 Å². The summed E-state index contributed by atoms with van der Waals surface area (Å²) in [5.74, 6) is 2.17. The number of hydrogen-bond acceptors (Lipinski definition) is 2. The van der Waals surface area contributed by atoms with Crippen molar-refractivity contribution in [1.29, 1.82) is 0 Å². The largest absolute Gasteiger partial charge is 0.398 e. The Balaban J connectivity index is 1.95. The highest BCUT2D eigenvalue weighted by atomic mass is 32.2. The Morgan fingerprint density at radius 2 is 2.07 bits per heavy atom. The minimum atomic E-state index is 0.926. The topological polar surface area (TPSA) is 26.0 Å². The van der Waals surface area contributed by atoms with E-state index < -0.39 is 0 Å². The molecule has 2 N–H and O–H groups in total. The molecule has 0 amide bonds. The van der Waals surface area contributed by atoms with E-state index in [1.807, 2.05) is 11.8 Å². The monoisotopic (exact) mass is 221 g/mol. The number of para-hydroxylation sites is 1. The van der Waals surface area contributed by atoms with Gasteiger partial charge in [-0.3, -0.25) is 0 Å². The molecule has 0 aliphatic heterocycles. The molecule has 15 heavy (non-hydrogen) atoms. The summed E-state index contributed by atoms with van der Waals surface area (Å²) in [6, 6.07) is 6.32. The van der Waals surface area contributed by atoms with Gasteiger partial charge in [0.2, 0.25) is 0 Å². The quantitative estimate of drug-likeness (QED) is 0.619. The van der Waals surface area contributed by atoms with E-state index in [0.29, 0.717) is 0 Å². The highest BCUT2D eigenvalue weighted by Crippen LogP contribution is 2.33. The number of hydrogen-bond donors (Lipinski definition) is 1. The molecule has 0 radical (unpaired) electrons. The van der Waals surface area contributed by atoms with Crippen molar-refractivity contribution >= 4 is 17.4 Å². The predicted molar refractivity (Wildman–Crippen MR) is 68.3 cm³/mol. The van der Waals surface area contributed by atoms with Crippen LogP contribution in [0.4, 0.5) is 5.69 Å². The van der Waals surface area contributed by atoms with Gasteiger partial charge >= 0.3 is 0 Å². The third-order valence-corrected chi connectivity index (χ3v) is 4.54. The van der Waals surface area contributed by atoms with Gasteiger partial charge in [-0.1, -0.05) is 25.0 Å². The van der Waals surface area contributed by atoms with Crippen LogP contribution in [0.5, 0.6) is 0 Å². The lowest BCUT2D eigenvalue weighted by Crippen LogP contribution is -1.98. The Kier molecular flexibility index (Phi) is 3.57. The maximum absolute atomic E-state index is 6.05. The summed E-state index contributed by atoms with van der Waals surface area (Å²) in [5, 5.41) is 0. The lowest BCUT2D eigenvalue weighted by molar-refractivity contribution is 0.623. The SMILES string of the molecule is Cc1cccc(SCC2CCCC2)c1N. The van der Waals surface area contributed by atoms with Gasteiger partial charge in [0.15, 0.2) is 0 Å². The van der Waals surface area contributed by atoms with Crippen molar-refractivity contribution < 1.29 is 0 Å². The minimum absolute atomic E-state index is 0.926.